The van der Waals surface area contributed by atoms with Crippen LogP contribution in [0.3, 0.4) is 0 Å². The lowest BCUT2D eigenvalue weighted by Crippen LogP contribution is -2.66. The third kappa shape index (κ3) is 6.17. The van der Waals surface area contributed by atoms with E-state index in [1.54, 1.807) is 14.8 Å². The molecule has 2 fully saturated rings. The third-order valence-corrected chi connectivity index (χ3v) is 8.39. The van der Waals surface area contributed by atoms with Crippen LogP contribution in [0.15, 0.2) is 90.5 Å². The fraction of sp³-hybridized carbons (Fsp3) is 0.353. The first-order valence-electron chi connectivity index (χ1n) is 15.2. The van der Waals surface area contributed by atoms with Crippen LogP contribution in [0.1, 0.15) is 37.4 Å². The molecule has 9 heteroatoms. The van der Waals surface area contributed by atoms with Crippen LogP contribution in [0, 0.1) is 0 Å². The van der Waals surface area contributed by atoms with Crippen molar-refractivity contribution >= 4 is 28.7 Å². The smallest absolute Gasteiger partial charge is 0.332 e. The molecule has 9 nitrogen and oxygen atoms in total. The number of piperazine rings is 1. The van der Waals surface area contributed by atoms with Crippen molar-refractivity contribution in [3.05, 3.63) is 102 Å². The van der Waals surface area contributed by atoms with Crippen LogP contribution in [-0.4, -0.2) is 81.0 Å². The zero-order valence-corrected chi connectivity index (χ0v) is 24.6. The molecule has 1 N–H and O–H groups in total. The maximum absolute atomic E-state index is 14.1. The topological polar surface area (TPSA) is 89.1 Å². The number of carbonyl (C=O) groups is 3. The Morgan fingerprint density at radius 3 is 2.65 bits per heavy atom. The number of para-hydroxylation sites is 1. The predicted octanol–water partition coefficient (Wildman–Crippen LogP) is 4.27. The molecule has 0 radical (unpaired) electrons. The molecule has 2 aliphatic heterocycles. The number of hydrogen-bond acceptors (Lipinski definition) is 5. The predicted molar refractivity (Wildman–Crippen MR) is 165 cm³/mol. The summed E-state index contributed by atoms with van der Waals surface area (Å²) in [5, 5.41) is 7.65. The molecular formula is C34H38N6O3. The molecule has 2 saturated heterocycles. The van der Waals surface area contributed by atoms with Gasteiger partial charge in [0, 0.05) is 24.9 Å². The van der Waals surface area contributed by atoms with Gasteiger partial charge in [-0.2, -0.15) is 5.01 Å². The van der Waals surface area contributed by atoms with E-state index in [-0.39, 0.29) is 30.9 Å². The summed E-state index contributed by atoms with van der Waals surface area (Å²) in [4.78, 5) is 49.6. The quantitative estimate of drug-likeness (QED) is 0.410. The Labute approximate surface area is 252 Å². The molecule has 0 bridgehead atoms. The lowest BCUT2D eigenvalue weighted by molar-refractivity contribution is -0.157. The van der Waals surface area contributed by atoms with Gasteiger partial charge in [0.2, 0.25) is 11.8 Å². The molecule has 222 valence electrons. The number of allylic oxidation sites excluding steroid dienone is 3. The van der Waals surface area contributed by atoms with Gasteiger partial charge in [-0.1, -0.05) is 85.3 Å². The minimum atomic E-state index is -0.676. The van der Waals surface area contributed by atoms with Crippen molar-refractivity contribution in [2.75, 3.05) is 26.2 Å². The van der Waals surface area contributed by atoms with Gasteiger partial charge in [0.05, 0.1) is 30.8 Å². The Morgan fingerprint density at radius 2 is 1.86 bits per heavy atom. The molecule has 2 atom stereocenters. The van der Waals surface area contributed by atoms with Gasteiger partial charge in [0.1, 0.15) is 12.2 Å². The molecule has 1 aliphatic carbocycles. The van der Waals surface area contributed by atoms with Gasteiger partial charge in [-0.15, -0.1) is 0 Å². The highest BCUT2D eigenvalue weighted by Crippen LogP contribution is 2.30. The number of fused-ring (bicyclic) bond motifs is 2. The molecule has 6 rings (SSSR count). The van der Waals surface area contributed by atoms with Crippen LogP contribution in [-0.2, 0) is 22.6 Å². The fourth-order valence-electron chi connectivity index (χ4n) is 6.26. The van der Waals surface area contributed by atoms with Gasteiger partial charge >= 0.3 is 6.03 Å². The molecular weight excluding hydrogens is 540 g/mol. The number of hydrazine groups is 1. The van der Waals surface area contributed by atoms with Gasteiger partial charge in [0.25, 0.3) is 0 Å². The molecule has 3 heterocycles. The molecule has 0 unspecified atom stereocenters. The number of hydrogen-bond donors (Lipinski definition) is 1. The highest BCUT2D eigenvalue weighted by molar-refractivity contribution is 5.92. The summed E-state index contributed by atoms with van der Waals surface area (Å²) in [6.45, 7) is 3.60. The van der Waals surface area contributed by atoms with Crippen molar-refractivity contribution in [3.8, 4) is 0 Å². The third-order valence-electron chi connectivity index (χ3n) is 8.39. The number of pyridine rings is 1. The number of benzene rings is 2. The zero-order valence-electron chi connectivity index (χ0n) is 24.6. The second-order valence-corrected chi connectivity index (χ2v) is 11.4. The van der Waals surface area contributed by atoms with Crippen molar-refractivity contribution in [3.63, 3.8) is 0 Å². The zero-order chi connectivity index (χ0) is 29.8. The van der Waals surface area contributed by atoms with Crippen molar-refractivity contribution in [2.24, 2.45) is 0 Å². The molecule has 43 heavy (non-hydrogen) atoms. The van der Waals surface area contributed by atoms with Crippen LogP contribution in [0.5, 0.6) is 0 Å². The summed E-state index contributed by atoms with van der Waals surface area (Å²) < 4.78 is 0. The Bertz CT molecular complexity index is 1550. The van der Waals surface area contributed by atoms with Gasteiger partial charge in [0.15, 0.2) is 0 Å². The SMILES string of the molecule is CCCN(C(=O)NCC1=CC=CCC1)N1CC(=O)N2[C@@H](Cc3ccccc3)C(=O)N(Cc3ccc4ccccc4n3)C[C@@H]21. The molecule has 3 aliphatic rings. The lowest BCUT2D eigenvalue weighted by atomic mass is 10.0. The van der Waals surface area contributed by atoms with Gasteiger partial charge in [-0.25, -0.2) is 4.79 Å². The van der Waals surface area contributed by atoms with E-state index in [4.69, 9.17) is 4.98 Å². The highest BCUT2D eigenvalue weighted by atomic mass is 16.2. The van der Waals surface area contributed by atoms with Crippen molar-refractivity contribution in [1.29, 1.82) is 0 Å². The number of nitrogens with zero attached hydrogens (tertiary/aromatic N) is 5. The van der Waals surface area contributed by atoms with E-state index < -0.39 is 12.2 Å². The summed E-state index contributed by atoms with van der Waals surface area (Å²) in [6, 6.07) is 20.8. The molecule has 0 spiro atoms. The van der Waals surface area contributed by atoms with Gasteiger partial charge in [-0.05, 0) is 37.0 Å². The Kier molecular flexibility index (Phi) is 8.51. The fourth-order valence-corrected chi connectivity index (χ4v) is 6.26. The number of nitrogens with one attached hydrogen (secondary N) is 1. The van der Waals surface area contributed by atoms with E-state index in [1.807, 2.05) is 84.7 Å². The number of carbonyl (C=O) groups excluding carboxylic acids is 3. The Morgan fingerprint density at radius 1 is 1.05 bits per heavy atom. The maximum atomic E-state index is 14.1. The summed E-state index contributed by atoms with van der Waals surface area (Å²) in [7, 11) is 0. The Hall–Kier alpha value is -4.50. The average Bonchev–Trinajstić information content (AvgIpc) is 3.36. The van der Waals surface area contributed by atoms with Crippen molar-refractivity contribution in [2.45, 2.75) is 51.4 Å². The standard InChI is InChI=1S/C34H38N6O3/c1-2-19-38(34(43)35-21-26-13-7-4-8-14-26)39-24-32(41)40-30(20-25-11-5-3-6-12-25)33(42)37(23-31(39)40)22-28-18-17-27-15-9-10-16-29(27)36-28/h3-7,9-13,15-18,30-31H,2,8,14,19-24H2,1H3,(H,35,43)/t30-,31+/m0/s1. The lowest BCUT2D eigenvalue weighted by Gasteiger charge is -2.46. The molecule has 2 aromatic carbocycles. The number of amides is 4. The first-order chi connectivity index (χ1) is 21.0. The molecule has 3 aromatic rings. The van der Waals surface area contributed by atoms with E-state index in [9.17, 15) is 14.4 Å². The summed E-state index contributed by atoms with van der Waals surface area (Å²) in [6.07, 6.45) is 8.75. The monoisotopic (exact) mass is 578 g/mol. The highest BCUT2D eigenvalue weighted by Gasteiger charge is 2.52. The van der Waals surface area contributed by atoms with E-state index in [1.165, 1.54) is 5.57 Å². The largest absolute Gasteiger partial charge is 0.333 e. The number of urea groups is 1. The van der Waals surface area contributed by atoms with Crippen molar-refractivity contribution < 1.29 is 14.4 Å². The number of aromatic nitrogens is 1. The molecule has 1 aromatic heterocycles. The first-order valence-corrected chi connectivity index (χ1v) is 15.2. The second-order valence-electron chi connectivity index (χ2n) is 11.4. The van der Waals surface area contributed by atoms with Crippen LogP contribution in [0.25, 0.3) is 10.9 Å². The number of rotatable bonds is 9. The maximum Gasteiger partial charge on any atom is 0.332 e. The van der Waals surface area contributed by atoms with E-state index in [2.05, 4.69) is 17.5 Å². The van der Waals surface area contributed by atoms with Crippen LogP contribution in [0.2, 0.25) is 0 Å². The van der Waals surface area contributed by atoms with Crippen molar-refractivity contribution in [1.82, 2.24) is 30.1 Å². The Balaban J connectivity index is 1.28. The van der Waals surface area contributed by atoms with E-state index in [0.29, 0.717) is 26.1 Å². The van der Waals surface area contributed by atoms with Crippen LogP contribution >= 0.6 is 0 Å². The summed E-state index contributed by atoms with van der Waals surface area (Å²) in [5.74, 6) is -0.245. The first kappa shape index (κ1) is 28.6. The average molecular weight is 579 g/mol. The van der Waals surface area contributed by atoms with Gasteiger partial charge < -0.3 is 15.1 Å². The van der Waals surface area contributed by atoms with Crippen LogP contribution in [0.4, 0.5) is 4.79 Å². The normalized spacial score (nSPS) is 20.3. The van der Waals surface area contributed by atoms with Crippen LogP contribution < -0.4 is 5.32 Å². The van der Waals surface area contributed by atoms with Gasteiger partial charge in [-0.3, -0.25) is 19.6 Å². The summed E-state index contributed by atoms with van der Waals surface area (Å²) >= 11 is 0. The minimum absolute atomic E-state index is 0.0458. The van der Waals surface area contributed by atoms with E-state index in [0.717, 1.165) is 41.4 Å². The molecule has 0 saturated carbocycles. The molecule has 4 amide bonds. The minimum Gasteiger partial charge on any atom is -0.333 e. The second kappa shape index (κ2) is 12.8. The summed E-state index contributed by atoms with van der Waals surface area (Å²) in [5.41, 5.74) is 3.81. The van der Waals surface area contributed by atoms with E-state index >= 15 is 0 Å².